The van der Waals surface area contributed by atoms with Crippen molar-refractivity contribution in [1.82, 2.24) is 0 Å². The third kappa shape index (κ3) is 3.52. The third-order valence-corrected chi connectivity index (χ3v) is 8.52. The number of aliphatic hydroxyl groups excluding tert-OH is 1. The van der Waals surface area contributed by atoms with Crippen LogP contribution in [0, 0.1) is 28.6 Å². The fourth-order valence-corrected chi connectivity index (χ4v) is 7.08. The monoisotopic (exact) mass is 432 g/mol. The van der Waals surface area contributed by atoms with Crippen LogP contribution in [-0.4, -0.2) is 46.1 Å². The van der Waals surface area contributed by atoms with Crippen LogP contribution in [0.4, 0.5) is 0 Å². The molecular formula is C25H36O6. The van der Waals surface area contributed by atoms with Crippen molar-refractivity contribution in [2.75, 3.05) is 6.61 Å². The summed E-state index contributed by atoms with van der Waals surface area (Å²) < 4.78 is 4.88. The van der Waals surface area contributed by atoms with E-state index in [-0.39, 0.29) is 29.0 Å². The van der Waals surface area contributed by atoms with Crippen LogP contribution in [0.15, 0.2) is 23.8 Å². The van der Waals surface area contributed by atoms with E-state index in [1.165, 1.54) is 6.92 Å². The van der Waals surface area contributed by atoms with Gasteiger partial charge in [0, 0.05) is 23.7 Å². The molecule has 3 saturated carbocycles. The fraction of sp³-hybridized carbons (Fsp3) is 0.720. The van der Waals surface area contributed by atoms with E-state index in [4.69, 9.17) is 4.74 Å². The maximum atomic E-state index is 12.9. The molecule has 0 spiro atoms. The SMILES string of the molecule is CC.CC(=O)OCC(=O)[C@@]1(O)CCC2C3CCC4=CC(=O)C=CC4(C)C3C(O)CC21C. The Hall–Kier alpha value is -1.79. The quantitative estimate of drug-likeness (QED) is 0.665. The summed E-state index contributed by atoms with van der Waals surface area (Å²) in [7, 11) is 0. The third-order valence-electron chi connectivity index (χ3n) is 8.52. The van der Waals surface area contributed by atoms with Gasteiger partial charge < -0.3 is 14.9 Å². The van der Waals surface area contributed by atoms with Crippen LogP contribution in [0.1, 0.15) is 66.7 Å². The number of ketones is 2. The Morgan fingerprint density at radius 3 is 2.55 bits per heavy atom. The van der Waals surface area contributed by atoms with Crippen molar-refractivity contribution >= 4 is 17.5 Å². The first-order valence-corrected chi connectivity index (χ1v) is 11.5. The molecule has 0 radical (unpaired) electrons. The smallest absolute Gasteiger partial charge is 0.303 e. The summed E-state index contributed by atoms with van der Waals surface area (Å²) >= 11 is 0. The minimum Gasteiger partial charge on any atom is -0.458 e. The van der Waals surface area contributed by atoms with Crippen molar-refractivity contribution < 1.29 is 29.3 Å². The zero-order chi connectivity index (χ0) is 23.2. The van der Waals surface area contributed by atoms with Gasteiger partial charge >= 0.3 is 5.97 Å². The highest BCUT2D eigenvalue weighted by atomic mass is 16.5. The number of esters is 1. The number of hydrogen-bond donors (Lipinski definition) is 2. The molecule has 0 heterocycles. The molecule has 4 rings (SSSR count). The maximum absolute atomic E-state index is 12.9. The Labute approximate surface area is 184 Å². The molecule has 7 atom stereocenters. The molecule has 0 amide bonds. The summed E-state index contributed by atoms with van der Waals surface area (Å²) in [5.74, 6) is -0.836. The van der Waals surface area contributed by atoms with Gasteiger partial charge in [-0.05, 0) is 56.1 Å². The van der Waals surface area contributed by atoms with E-state index in [2.05, 4.69) is 6.92 Å². The molecule has 0 aromatic rings. The lowest BCUT2D eigenvalue weighted by atomic mass is 9.46. The molecule has 4 aliphatic carbocycles. The van der Waals surface area contributed by atoms with Crippen molar-refractivity contribution in [1.29, 1.82) is 0 Å². The van der Waals surface area contributed by atoms with Gasteiger partial charge in [0.05, 0.1) is 6.10 Å². The highest BCUT2D eigenvalue weighted by molar-refractivity contribution is 6.01. The van der Waals surface area contributed by atoms with Crippen LogP contribution in [0.25, 0.3) is 0 Å². The second kappa shape index (κ2) is 8.28. The summed E-state index contributed by atoms with van der Waals surface area (Å²) in [5, 5.41) is 22.7. The fourth-order valence-electron chi connectivity index (χ4n) is 7.08. The highest BCUT2D eigenvalue weighted by Gasteiger charge is 2.68. The van der Waals surface area contributed by atoms with Crippen molar-refractivity contribution in [3.05, 3.63) is 23.8 Å². The lowest BCUT2D eigenvalue weighted by Gasteiger charge is -2.59. The lowest BCUT2D eigenvalue weighted by molar-refractivity contribution is -0.181. The summed E-state index contributed by atoms with van der Waals surface area (Å²) in [6.45, 7) is 8.80. The van der Waals surface area contributed by atoms with Gasteiger partial charge in [-0.25, -0.2) is 0 Å². The Morgan fingerprint density at radius 2 is 1.90 bits per heavy atom. The van der Waals surface area contributed by atoms with E-state index in [9.17, 15) is 24.6 Å². The molecule has 6 heteroatoms. The van der Waals surface area contributed by atoms with Gasteiger partial charge in [-0.15, -0.1) is 0 Å². The molecule has 0 aromatic heterocycles. The first-order valence-electron chi connectivity index (χ1n) is 11.5. The van der Waals surface area contributed by atoms with E-state index in [1.807, 2.05) is 26.8 Å². The predicted octanol–water partition coefficient (Wildman–Crippen LogP) is 3.15. The molecule has 0 aliphatic heterocycles. The van der Waals surface area contributed by atoms with Crippen molar-refractivity contribution in [3.8, 4) is 0 Å². The van der Waals surface area contributed by atoms with Gasteiger partial charge in [0.15, 0.2) is 12.4 Å². The summed E-state index contributed by atoms with van der Waals surface area (Å²) in [4.78, 5) is 35.9. The second-order valence-electron chi connectivity index (χ2n) is 9.81. The van der Waals surface area contributed by atoms with Gasteiger partial charge in [-0.1, -0.05) is 39.3 Å². The number of carbonyl (C=O) groups is 3. The number of ether oxygens (including phenoxy) is 1. The van der Waals surface area contributed by atoms with E-state index >= 15 is 0 Å². The number of rotatable bonds is 3. The molecule has 4 aliphatic rings. The van der Waals surface area contributed by atoms with Gasteiger partial charge in [-0.2, -0.15) is 0 Å². The van der Waals surface area contributed by atoms with Crippen LogP contribution >= 0.6 is 0 Å². The van der Waals surface area contributed by atoms with E-state index in [1.54, 1.807) is 12.2 Å². The molecule has 6 unspecified atom stereocenters. The van der Waals surface area contributed by atoms with Crippen LogP contribution in [-0.2, 0) is 19.1 Å². The van der Waals surface area contributed by atoms with E-state index < -0.39 is 35.5 Å². The predicted molar refractivity (Wildman–Crippen MR) is 116 cm³/mol. The second-order valence-corrected chi connectivity index (χ2v) is 9.81. The van der Waals surface area contributed by atoms with Crippen LogP contribution < -0.4 is 0 Å². The molecule has 2 N–H and O–H groups in total. The largest absolute Gasteiger partial charge is 0.458 e. The van der Waals surface area contributed by atoms with E-state index in [0.717, 1.165) is 18.4 Å². The standard InChI is InChI=1S/C23H30O6.C2H6/c1-13(24)29-12-19(27)23(28)9-7-17-16-5-4-14-10-15(25)6-8-21(14,2)20(16)18(26)11-22(17,23)3;1-2/h6,8,10,16-18,20,26,28H,4-5,7,9,11-12H2,1-3H3;1-2H3/t16?,17?,18?,20?,21?,22?,23-;/m0./s1. The molecule has 0 saturated heterocycles. The molecule has 6 nitrogen and oxygen atoms in total. The Morgan fingerprint density at radius 1 is 1.23 bits per heavy atom. The number of carbonyl (C=O) groups excluding carboxylic acids is 3. The number of hydrogen-bond acceptors (Lipinski definition) is 6. The number of aliphatic hydroxyl groups is 2. The first kappa shape index (κ1) is 23.9. The first-order chi connectivity index (χ1) is 14.5. The van der Waals surface area contributed by atoms with Gasteiger partial charge in [-0.3, -0.25) is 14.4 Å². The highest BCUT2D eigenvalue weighted by Crippen LogP contribution is 2.67. The topological polar surface area (TPSA) is 101 Å². The molecule has 0 aromatic carbocycles. The summed E-state index contributed by atoms with van der Waals surface area (Å²) in [6, 6.07) is 0. The molecular weight excluding hydrogens is 396 g/mol. The van der Waals surface area contributed by atoms with Crippen LogP contribution in [0.5, 0.6) is 0 Å². The summed E-state index contributed by atoms with van der Waals surface area (Å²) in [6.07, 6.45) is 7.50. The van der Waals surface area contributed by atoms with Gasteiger partial charge in [0.2, 0.25) is 5.78 Å². The summed E-state index contributed by atoms with van der Waals surface area (Å²) in [5.41, 5.74) is -1.67. The zero-order valence-electron chi connectivity index (χ0n) is 19.3. The minimum atomic E-state index is -1.60. The van der Waals surface area contributed by atoms with Crippen LogP contribution in [0.3, 0.4) is 0 Å². The Bertz CT molecular complexity index is 828. The maximum Gasteiger partial charge on any atom is 0.303 e. The average molecular weight is 433 g/mol. The lowest BCUT2D eigenvalue weighted by Crippen LogP contribution is -2.61. The van der Waals surface area contributed by atoms with Crippen molar-refractivity contribution in [2.45, 2.75) is 78.4 Å². The Kier molecular flexibility index (Phi) is 6.38. The minimum absolute atomic E-state index is 0.00243. The van der Waals surface area contributed by atoms with Crippen molar-refractivity contribution in [2.24, 2.45) is 28.6 Å². The van der Waals surface area contributed by atoms with Gasteiger partial charge in [0.25, 0.3) is 0 Å². The number of Topliss-reactive ketones (excluding diaryl/α,β-unsaturated/α-hetero) is 1. The molecule has 172 valence electrons. The molecule has 0 bridgehead atoms. The van der Waals surface area contributed by atoms with Gasteiger partial charge in [0.1, 0.15) is 5.60 Å². The van der Waals surface area contributed by atoms with E-state index in [0.29, 0.717) is 19.3 Å². The number of allylic oxidation sites excluding steroid dienone is 4. The average Bonchev–Trinajstić information content (AvgIpc) is 2.99. The normalized spacial score (nSPS) is 42.9. The molecule has 3 fully saturated rings. The zero-order valence-corrected chi connectivity index (χ0v) is 19.3. The number of fused-ring (bicyclic) bond motifs is 5. The Balaban J connectivity index is 0.00000132. The van der Waals surface area contributed by atoms with Crippen molar-refractivity contribution in [3.63, 3.8) is 0 Å². The molecule has 31 heavy (non-hydrogen) atoms. The van der Waals surface area contributed by atoms with Crippen LogP contribution in [0.2, 0.25) is 0 Å².